The number of ether oxygens (including phenoxy) is 6. The van der Waals surface area contributed by atoms with Crippen LogP contribution in [-0.4, -0.2) is 95.0 Å². The standard InChI is InChI=1S/C20H15ClO2S.2C16H17NO2S.C13H12O2.C13H12OS.C7H4ClFO.C3H6ClNS.2CH4.Na.H2O/c21-20-12-19(10-9-16(20)13-22)24-18-8-4-7-17(11-18)23-14-15-5-2-1-3-6-15;1-17(2)16(18)20-15-10-6-9-14(11-15)19-12-13-7-4-3-5-8-13;1-17(2)16(20)19-15-10-6-9-14(11-15)18-12-13-7-4-3-5-8-13;14-12-7-4-8-13(9-12)15-10-11-5-2-1-3-6-11;15-13-8-4-7-12(9-13)14-10-11-5-2-1-3-6-11;8-7-3-6(9)2-1-5(7)4-10;1-5(2)3(4)6;;;;/h1-13H,14H2;2*3-11H,12H2,1-2H3;1-9,14H,10H2;1-9,15H,10H2;1-4H;1-2H3;2*1H4;;1H2/q;;;;;;;;;+1;/p-1. The van der Waals surface area contributed by atoms with E-state index in [1.54, 1.807) is 85.0 Å². The summed E-state index contributed by atoms with van der Waals surface area (Å²) in [6.45, 7) is 2.70. The van der Waals surface area contributed by atoms with Crippen molar-refractivity contribution in [2.45, 2.75) is 67.5 Å². The fourth-order valence-electron chi connectivity index (χ4n) is 8.52. The van der Waals surface area contributed by atoms with Gasteiger partial charge >= 0.3 is 29.6 Å². The van der Waals surface area contributed by atoms with Crippen LogP contribution in [-0.2, 0) is 33.0 Å². The summed E-state index contributed by atoms with van der Waals surface area (Å²) in [5.74, 6) is 4.34. The van der Waals surface area contributed by atoms with Gasteiger partial charge in [-0.05, 0) is 179 Å². The number of carbonyl (C=O) groups excluding carboxylic acids is 3. The Kier molecular flexibility index (Phi) is 50.9. The Hall–Kier alpha value is -9.36. The fourth-order valence-corrected chi connectivity index (χ4v) is 10.9. The van der Waals surface area contributed by atoms with Gasteiger partial charge in [-0.1, -0.05) is 243 Å². The third kappa shape index (κ3) is 41.6. The van der Waals surface area contributed by atoms with Crippen molar-refractivity contribution in [3.8, 4) is 40.2 Å². The molecule has 0 fully saturated rings. The van der Waals surface area contributed by atoms with E-state index in [9.17, 15) is 23.9 Å². The number of rotatable bonds is 21. The molecule has 1 amide bonds. The van der Waals surface area contributed by atoms with Crippen molar-refractivity contribution in [3.05, 3.63) is 364 Å². The maximum absolute atomic E-state index is 12.3. The summed E-state index contributed by atoms with van der Waals surface area (Å²) < 4.78 is 46.7. The molecule has 0 bridgehead atoms. The van der Waals surface area contributed by atoms with Gasteiger partial charge in [-0.25, -0.2) is 4.39 Å². The van der Waals surface area contributed by atoms with E-state index in [2.05, 4.69) is 24.8 Å². The van der Waals surface area contributed by atoms with Gasteiger partial charge in [-0.2, -0.15) is 0 Å². The summed E-state index contributed by atoms with van der Waals surface area (Å²) in [5, 5.41) is 10.3. The van der Waals surface area contributed by atoms with E-state index in [1.165, 1.54) is 29.5 Å². The molecule has 14 nitrogen and oxygen atoms in total. The van der Waals surface area contributed by atoms with Gasteiger partial charge in [0.25, 0.3) is 10.4 Å². The number of aromatic hydroxyl groups is 1. The molecule has 0 radical (unpaired) electrons. The van der Waals surface area contributed by atoms with Crippen LogP contribution < -0.4 is 58.0 Å². The second kappa shape index (κ2) is 57.6. The average molecular weight is 1700 g/mol. The Morgan fingerprint density at radius 3 is 1.12 bits per heavy atom. The summed E-state index contributed by atoms with van der Waals surface area (Å²) in [5.41, 5.74) is 6.47. The average Bonchev–Trinajstić information content (AvgIpc) is 0.842. The summed E-state index contributed by atoms with van der Waals surface area (Å²) in [6.07, 6.45) is 1.34. The summed E-state index contributed by atoms with van der Waals surface area (Å²) in [6, 6.07) is 96.6. The monoisotopic (exact) mass is 1700 g/mol. The Morgan fingerprint density at radius 2 is 0.754 bits per heavy atom. The van der Waals surface area contributed by atoms with Crippen molar-refractivity contribution in [1.82, 2.24) is 14.7 Å². The van der Waals surface area contributed by atoms with Crippen LogP contribution in [0, 0.1) is 5.82 Å². The quantitative estimate of drug-likeness (QED) is 0.0133. The van der Waals surface area contributed by atoms with Crippen LogP contribution in [0.15, 0.2) is 329 Å². The molecule has 0 aliphatic rings. The number of thioether (sulfide) groups is 1. The van der Waals surface area contributed by atoms with Gasteiger partial charge in [-0.15, -0.1) is 12.6 Å². The molecule has 12 aromatic carbocycles. The van der Waals surface area contributed by atoms with Gasteiger partial charge in [0.05, 0.1) is 10.0 Å². The molecule has 2 N–H and O–H groups in total. The van der Waals surface area contributed by atoms with E-state index in [-0.39, 0.29) is 65.9 Å². The molecule has 0 saturated carbocycles. The maximum atomic E-state index is 12.3. The van der Waals surface area contributed by atoms with Crippen molar-refractivity contribution >= 4 is 123 Å². The molecule has 0 heterocycles. The van der Waals surface area contributed by atoms with E-state index in [0.717, 1.165) is 77.2 Å². The van der Waals surface area contributed by atoms with Crippen LogP contribution in [0.2, 0.25) is 10.0 Å². The fraction of sp³-hybridized carbons (Fsp3) is 0.144. The number of thiocarbonyl (C=S) groups is 2. The zero-order chi connectivity index (χ0) is 79.3. The largest absolute Gasteiger partial charge is 1.00 e. The van der Waals surface area contributed by atoms with Crippen LogP contribution in [0.25, 0.3) is 0 Å². The number of hydrogen-bond donors (Lipinski definition) is 2. The molecular formula is C90H92Cl3FN3NaO11S5. The zero-order valence-electron chi connectivity index (χ0n) is 62.6. The molecule has 0 aliphatic carbocycles. The first-order valence-corrected chi connectivity index (χ1v) is 37.8. The predicted molar refractivity (Wildman–Crippen MR) is 472 cm³/mol. The minimum atomic E-state index is -0.435. The first-order chi connectivity index (χ1) is 53.1. The van der Waals surface area contributed by atoms with Gasteiger partial charge in [-0.3, -0.25) is 14.4 Å². The number of phenols is 1. The van der Waals surface area contributed by atoms with Crippen molar-refractivity contribution in [2.75, 3.05) is 42.3 Å². The molecule has 0 unspecified atom stereocenters. The second-order valence-electron chi connectivity index (χ2n) is 23.6. The van der Waals surface area contributed by atoms with Gasteiger partial charge in [0.15, 0.2) is 17.0 Å². The molecule has 0 saturated heterocycles. The summed E-state index contributed by atoms with van der Waals surface area (Å²) in [4.78, 5) is 41.4. The third-order valence-corrected chi connectivity index (χ3v) is 18.3. The van der Waals surface area contributed by atoms with Crippen LogP contribution >= 0.6 is 95.4 Å². The Bertz CT molecular complexity index is 4560. The number of thiol groups is 1. The Morgan fingerprint density at radius 1 is 0.421 bits per heavy atom. The second-order valence-corrected chi connectivity index (χ2v) is 28.5. The SMILES string of the molecule is C.C.CN(C)C(=O)Sc1cccc(OCc2ccccc2)c1.CN(C)C(=S)Cl.CN(C)C(=S)Oc1cccc(OCc2ccccc2)c1.O=Cc1ccc(F)cc1Cl.O=Cc1ccc(Sc2cccc(OCc3ccccc3)c2)cc1Cl.Oc1cccc(OCc2ccccc2)c1.Sc1cccc(OCc2ccccc2)c1.[Na+].[OH-]. The normalized spacial score (nSPS) is 9.54. The third-order valence-electron chi connectivity index (χ3n) is 14.2. The smallest absolute Gasteiger partial charge is 0.870 e. The molecule has 12 rings (SSSR count). The minimum Gasteiger partial charge on any atom is -0.870 e. The summed E-state index contributed by atoms with van der Waals surface area (Å²) >= 11 is 33.4. The molecule has 0 spiro atoms. The number of nitrogens with zero attached hydrogens (tertiary/aromatic N) is 3. The first-order valence-electron chi connectivity index (χ1n) is 33.8. The molecular weight excluding hydrogens is 1610 g/mol. The minimum absolute atomic E-state index is 0. The van der Waals surface area contributed by atoms with Crippen molar-refractivity contribution < 1.29 is 87.3 Å². The van der Waals surface area contributed by atoms with E-state index < -0.39 is 5.82 Å². The van der Waals surface area contributed by atoms with Gasteiger partial charge in [0, 0.05) is 85.1 Å². The Labute approximate surface area is 732 Å². The van der Waals surface area contributed by atoms with Crippen molar-refractivity contribution in [1.29, 1.82) is 0 Å². The molecule has 0 aliphatic heterocycles. The number of carbonyl (C=O) groups is 3. The number of benzene rings is 12. The summed E-state index contributed by atoms with van der Waals surface area (Å²) in [7, 11) is 10.8. The number of hydrogen-bond acceptors (Lipinski definition) is 16. The maximum Gasteiger partial charge on any atom is 1.00 e. The van der Waals surface area contributed by atoms with Crippen LogP contribution in [0.5, 0.6) is 40.2 Å². The van der Waals surface area contributed by atoms with Gasteiger partial charge in [0.1, 0.15) is 79.1 Å². The van der Waals surface area contributed by atoms with Gasteiger partial charge < -0.3 is 53.7 Å². The van der Waals surface area contributed by atoms with Gasteiger partial charge in [0.2, 0.25) is 0 Å². The van der Waals surface area contributed by atoms with E-state index in [4.69, 9.17) is 75.4 Å². The van der Waals surface area contributed by atoms with Crippen LogP contribution in [0.3, 0.4) is 0 Å². The molecule has 592 valence electrons. The Balaban J connectivity index is 0.000000461. The molecule has 24 heteroatoms. The molecule has 114 heavy (non-hydrogen) atoms. The van der Waals surface area contributed by atoms with Crippen LogP contribution in [0.1, 0.15) is 63.4 Å². The predicted octanol–water partition coefficient (Wildman–Crippen LogP) is 21.4. The first kappa shape index (κ1) is 101. The zero-order valence-corrected chi connectivity index (χ0v) is 71.1. The topological polar surface area (TPSA) is 167 Å². The number of aldehydes is 2. The van der Waals surface area contributed by atoms with Crippen molar-refractivity contribution in [3.63, 3.8) is 0 Å². The molecule has 12 aromatic rings. The molecule has 0 aromatic heterocycles. The van der Waals surface area contributed by atoms with Crippen molar-refractivity contribution in [2.24, 2.45) is 0 Å². The van der Waals surface area contributed by atoms with E-state index >= 15 is 0 Å². The number of phenolic OH excluding ortho intramolecular Hbond substituents is 1. The van der Waals surface area contributed by atoms with E-state index in [0.29, 0.717) is 76.6 Å². The van der Waals surface area contributed by atoms with E-state index in [1.807, 2.05) is 275 Å². The number of halogens is 4. The molecule has 0 atom stereocenters. The number of amides is 1. The van der Waals surface area contributed by atoms with Crippen LogP contribution in [0.4, 0.5) is 9.18 Å².